The number of hydrogen-bond acceptors (Lipinski definition) is 2. The van der Waals surface area contributed by atoms with E-state index in [1.165, 1.54) is 5.57 Å². The number of carboxylic acids is 1. The van der Waals surface area contributed by atoms with Gasteiger partial charge in [0.15, 0.2) is 0 Å². The average Bonchev–Trinajstić information content (AvgIpc) is 2.62. The van der Waals surface area contributed by atoms with Crippen LogP contribution in [0, 0.1) is 34.5 Å². The van der Waals surface area contributed by atoms with Crippen LogP contribution >= 0.6 is 0 Å². The molecule has 2 aliphatic rings. The molecule has 2 rings (SSSR count). The average molecular weight is 279 g/mol. The Labute approximate surface area is 122 Å². The smallest absolute Gasteiger partial charge is 0.307 e. The van der Waals surface area contributed by atoms with Gasteiger partial charge in [-0.3, -0.25) is 4.79 Å². The summed E-state index contributed by atoms with van der Waals surface area (Å²) in [7, 11) is 0. The van der Waals surface area contributed by atoms with Gasteiger partial charge in [0.1, 0.15) is 0 Å². The lowest BCUT2D eigenvalue weighted by Crippen LogP contribution is -2.59. The summed E-state index contributed by atoms with van der Waals surface area (Å²) < 4.78 is 0. The number of rotatable bonds is 4. The number of fused-ring (bicyclic) bond motifs is 1. The van der Waals surface area contributed by atoms with Crippen molar-refractivity contribution in [2.75, 3.05) is 6.54 Å². The van der Waals surface area contributed by atoms with Crippen molar-refractivity contribution in [3.63, 3.8) is 0 Å². The zero-order valence-corrected chi connectivity index (χ0v) is 13.4. The van der Waals surface area contributed by atoms with E-state index in [2.05, 4.69) is 19.9 Å². The van der Waals surface area contributed by atoms with Crippen molar-refractivity contribution in [2.24, 2.45) is 40.2 Å². The van der Waals surface area contributed by atoms with E-state index in [9.17, 15) is 9.90 Å². The first-order chi connectivity index (χ1) is 9.13. The van der Waals surface area contributed by atoms with E-state index in [0.29, 0.717) is 24.3 Å². The molecule has 0 saturated heterocycles. The van der Waals surface area contributed by atoms with Crippen LogP contribution in [0.1, 0.15) is 47.5 Å². The quantitative estimate of drug-likeness (QED) is 0.776. The molecule has 0 bridgehead atoms. The fourth-order valence-corrected chi connectivity index (χ4v) is 4.72. The van der Waals surface area contributed by atoms with E-state index in [0.717, 1.165) is 12.8 Å². The fourth-order valence-electron chi connectivity index (χ4n) is 4.72. The number of aliphatic carboxylic acids is 1. The molecule has 0 aromatic carbocycles. The van der Waals surface area contributed by atoms with Gasteiger partial charge in [-0.2, -0.15) is 0 Å². The highest BCUT2D eigenvalue weighted by Gasteiger charge is 2.62. The van der Waals surface area contributed by atoms with Crippen LogP contribution in [-0.4, -0.2) is 17.6 Å². The van der Waals surface area contributed by atoms with Crippen LogP contribution in [0.4, 0.5) is 0 Å². The van der Waals surface area contributed by atoms with Crippen LogP contribution in [0.3, 0.4) is 0 Å². The highest BCUT2D eigenvalue weighted by Crippen LogP contribution is 2.64. The second-order valence-electron chi connectivity index (χ2n) is 8.16. The van der Waals surface area contributed by atoms with E-state index < -0.39 is 5.97 Å². The first-order valence-electron chi connectivity index (χ1n) is 7.77. The zero-order chi connectivity index (χ0) is 15.3. The molecule has 1 fully saturated rings. The molecule has 1 saturated carbocycles. The van der Waals surface area contributed by atoms with Crippen LogP contribution < -0.4 is 5.73 Å². The molecular weight excluding hydrogens is 250 g/mol. The molecule has 2 aliphatic carbocycles. The highest BCUT2D eigenvalue weighted by atomic mass is 16.4. The molecule has 0 heterocycles. The van der Waals surface area contributed by atoms with Gasteiger partial charge in [-0.05, 0) is 42.6 Å². The summed E-state index contributed by atoms with van der Waals surface area (Å²) in [6.45, 7) is 11.0. The van der Waals surface area contributed by atoms with Crippen LogP contribution in [0.5, 0.6) is 0 Å². The van der Waals surface area contributed by atoms with Gasteiger partial charge in [-0.15, -0.1) is 0 Å². The lowest BCUT2D eigenvalue weighted by molar-refractivity contribution is -0.166. The molecule has 114 valence electrons. The molecule has 20 heavy (non-hydrogen) atoms. The number of allylic oxidation sites excluding steroid dienone is 2. The van der Waals surface area contributed by atoms with Crippen LogP contribution in [0.25, 0.3) is 0 Å². The second kappa shape index (κ2) is 4.87. The van der Waals surface area contributed by atoms with Gasteiger partial charge in [0.2, 0.25) is 0 Å². The normalized spacial score (nSPS) is 34.5. The molecule has 0 aromatic rings. The van der Waals surface area contributed by atoms with Crippen LogP contribution in [0.2, 0.25) is 0 Å². The number of nitrogens with two attached hydrogens (primary N) is 1. The molecule has 0 radical (unpaired) electrons. The van der Waals surface area contributed by atoms with Gasteiger partial charge in [-0.1, -0.05) is 46.3 Å². The van der Waals surface area contributed by atoms with Crippen LogP contribution in [-0.2, 0) is 4.79 Å². The highest BCUT2D eigenvalue weighted by molar-refractivity contribution is 5.72. The first-order valence-corrected chi connectivity index (χ1v) is 7.77. The largest absolute Gasteiger partial charge is 0.481 e. The molecule has 0 aromatic heterocycles. The molecule has 3 heteroatoms. The molecule has 0 aliphatic heterocycles. The Morgan fingerprint density at radius 3 is 2.50 bits per heavy atom. The Balaban J connectivity index is 2.35. The summed E-state index contributed by atoms with van der Waals surface area (Å²) in [5.74, 6) is 0.496. The zero-order valence-electron chi connectivity index (χ0n) is 13.4. The SMILES string of the molecule is CC(C)C1=C[C@H]2[C@H](C1)C[C@@]2(CN)C(C(=O)O)C(C)(C)C. The number of carboxylic acid groups (broad SMARTS) is 1. The van der Waals surface area contributed by atoms with E-state index >= 15 is 0 Å². The Hall–Kier alpha value is -0.830. The molecule has 3 nitrogen and oxygen atoms in total. The topological polar surface area (TPSA) is 63.3 Å². The maximum atomic E-state index is 11.9. The van der Waals surface area contributed by atoms with Gasteiger partial charge in [0.25, 0.3) is 0 Å². The predicted molar refractivity (Wildman–Crippen MR) is 81.2 cm³/mol. The molecule has 0 amide bonds. The minimum absolute atomic E-state index is 0.245. The van der Waals surface area contributed by atoms with E-state index in [-0.39, 0.29) is 16.7 Å². The van der Waals surface area contributed by atoms with Crippen molar-refractivity contribution in [1.29, 1.82) is 0 Å². The van der Waals surface area contributed by atoms with Crippen molar-refractivity contribution in [1.82, 2.24) is 0 Å². The summed E-state index contributed by atoms with van der Waals surface area (Å²) in [5.41, 5.74) is 7.08. The lowest BCUT2D eigenvalue weighted by Gasteiger charge is -2.58. The van der Waals surface area contributed by atoms with Crippen molar-refractivity contribution < 1.29 is 9.90 Å². The maximum absolute atomic E-state index is 11.9. The summed E-state index contributed by atoms with van der Waals surface area (Å²) in [6.07, 6.45) is 4.46. The van der Waals surface area contributed by atoms with Gasteiger partial charge in [0, 0.05) is 5.41 Å². The lowest BCUT2D eigenvalue weighted by atomic mass is 9.46. The third-order valence-electron chi connectivity index (χ3n) is 5.51. The minimum atomic E-state index is -0.687. The third-order valence-corrected chi connectivity index (χ3v) is 5.51. The third kappa shape index (κ3) is 2.20. The molecular formula is C17H29NO2. The Morgan fingerprint density at radius 1 is 1.50 bits per heavy atom. The monoisotopic (exact) mass is 279 g/mol. The molecule has 4 atom stereocenters. The van der Waals surface area contributed by atoms with Crippen molar-refractivity contribution >= 4 is 5.97 Å². The minimum Gasteiger partial charge on any atom is -0.481 e. The predicted octanol–water partition coefficient (Wildman–Crippen LogP) is 3.30. The second-order valence-corrected chi connectivity index (χ2v) is 8.16. The summed E-state index contributed by atoms with van der Waals surface area (Å²) >= 11 is 0. The van der Waals surface area contributed by atoms with Crippen molar-refractivity contribution in [2.45, 2.75) is 47.5 Å². The van der Waals surface area contributed by atoms with Crippen molar-refractivity contribution in [3.8, 4) is 0 Å². The van der Waals surface area contributed by atoms with E-state index in [1.54, 1.807) is 0 Å². The standard InChI is InChI=1S/C17H29NO2/c1-10(2)11-6-12-8-17(9-18,13(12)7-11)14(15(19)20)16(3,4)5/h7,10,12-14H,6,8-9,18H2,1-5H3,(H,19,20)/t12-,13+,14?,17+/m1/s1. The van der Waals surface area contributed by atoms with Crippen molar-refractivity contribution in [3.05, 3.63) is 11.6 Å². The van der Waals surface area contributed by atoms with Gasteiger partial charge in [-0.25, -0.2) is 0 Å². The summed E-state index contributed by atoms with van der Waals surface area (Å²) in [5, 5.41) is 9.76. The number of carbonyl (C=O) groups is 1. The summed E-state index contributed by atoms with van der Waals surface area (Å²) in [6, 6.07) is 0. The maximum Gasteiger partial charge on any atom is 0.307 e. The van der Waals surface area contributed by atoms with Gasteiger partial charge < -0.3 is 10.8 Å². The Bertz CT molecular complexity index is 433. The van der Waals surface area contributed by atoms with Crippen LogP contribution in [0.15, 0.2) is 11.6 Å². The first kappa shape index (κ1) is 15.6. The Kier molecular flexibility index (Phi) is 3.79. The summed E-state index contributed by atoms with van der Waals surface area (Å²) in [4.78, 5) is 11.9. The van der Waals surface area contributed by atoms with E-state index in [4.69, 9.17) is 5.73 Å². The molecule has 1 unspecified atom stereocenters. The van der Waals surface area contributed by atoms with E-state index in [1.807, 2.05) is 20.8 Å². The molecule has 3 N–H and O–H groups in total. The molecule has 0 spiro atoms. The fraction of sp³-hybridized carbons (Fsp3) is 0.824. The van der Waals surface area contributed by atoms with Gasteiger partial charge >= 0.3 is 5.97 Å². The number of hydrogen-bond donors (Lipinski definition) is 2. The van der Waals surface area contributed by atoms with Gasteiger partial charge in [0.05, 0.1) is 5.92 Å². The Morgan fingerprint density at radius 2 is 2.10 bits per heavy atom.